The molecule has 4 fully saturated rings. The molecule has 0 bridgehead atoms. The van der Waals surface area contributed by atoms with Gasteiger partial charge in [0.15, 0.2) is 0 Å². The lowest BCUT2D eigenvalue weighted by Gasteiger charge is -2.11. The van der Waals surface area contributed by atoms with E-state index in [0.29, 0.717) is 47.6 Å². The van der Waals surface area contributed by atoms with Gasteiger partial charge in [-0.3, -0.25) is 18.3 Å². The molecule has 0 saturated heterocycles. The fourth-order valence-electron chi connectivity index (χ4n) is 9.72. The van der Waals surface area contributed by atoms with E-state index in [2.05, 4.69) is 36.4 Å². The van der Waals surface area contributed by atoms with Gasteiger partial charge in [0.25, 0.3) is 0 Å². The molecule has 0 amide bonds. The van der Waals surface area contributed by atoms with E-state index < -0.39 is 5.97 Å². The molecule has 338 valence electrons. The lowest BCUT2D eigenvalue weighted by molar-refractivity contribution is 0.0598. The zero-order valence-corrected chi connectivity index (χ0v) is 37.8. The van der Waals surface area contributed by atoms with Gasteiger partial charge in [-0.25, -0.2) is 19.2 Å². The first-order valence-corrected chi connectivity index (χ1v) is 23.9. The first-order chi connectivity index (χ1) is 32.7. The summed E-state index contributed by atoms with van der Waals surface area (Å²) in [5.41, 5.74) is 12.6. The summed E-state index contributed by atoms with van der Waals surface area (Å²) in [4.78, 5) is 51.4. The fourth-order valence-corrected chi connectivity index (χ4v) is 9.72. The van der Waals surface area contributed by atoms with Gasteiger partial charge in [0.2, 0.25) is 0 Å². The molecule has 8 aromatic rings. The highest BCUT2D eigenvalue weighted by molar-refractivity contribution is 5.92. The molecule has 10 nitrogen and oxygen atoms in total. The molecule has 0 aliphatic heterocycles. The molecule has 4 aliphatic carbocycles. The van der Waals surface area contributed by atoms with Crippen molar-refractivity contribution in [2.24, 2.45) is 11.8 Å². The van der Waals surface area contributed by atoms with Crippen molar-refractivity contribution >= 4 is 34.0 Å². The number of carboxylic acid groups (broad SMARTS) is 1. The van der Waals surface area contributed by atoms with Crippen LogP contribution in [0.15, 0.2) is 143 Å². The zero-order valence-electron chi connectivity index (χ0n) is 37.8. The topological polar surface area (TPSA) is 117 Å². The van der Waals surface area contributed by atoms with Crippen LogP contribution in [0.3, 0.4) is 0 Å². The Kier molecular flexibility index (Phi) is 11.1. The van der Waals surface area contributed by atoms with E-state index in [4.69, 9.17) is 4.74 Å². The number of carboxylic acids is 1. The molecular weight excluding hydrogens is 837 g/mol. The number of para-hydroxylation sites is 2. The molecule has 6 aromatic carbocycles. The molecule has 2 heterocycles. The summed E-state index contributed by atoms with van der Waals surface area (Å²) in [6, 6.07) is 44.0. The van der Waals surface area contributed by atoms with Crippen molar-refractivity contribution in [2.45, 2.75) is 89.1 Å². The van der Waals surface area contributed by atoms with Crippen LogP contribution in [0.25, 0.3) is 33.4 Å². The summed E-state index contributed by atoms with van der Waals surface area (Å²) in [6.45, 7) is 1.48. The molecule has 0 radical (unpaired) electrons. The number of carbonyl (C=O) groups excluding carboxylic acids is 1. The number of imidazole rings is 2. The minimum Gasteiger partial charge on any atom is -0.478 e. The first kappa shape index (κ1) is 42.4. The minimum atomic E-state index is -0.880. The second-order valence-corrected chi connectivity index (χ2v) is 19.2. The average Bonchev–Trinajstić information content (AvgIpc) is 4.13. The van der Waals surface area contributed by atoms with Crippen molar-refractivity contribution in [3.05, 3.63) is 199 Å². The second kappa shape index (κ2) is 17.5. The smallest absolute Gasteiger partial charge is 0.338 e. The monoisotopic (exact) mass is 890 g/mol. The highest BCUT2D eigenvalue weighted by atomic mass is 16.5. The lowest BCUT2D eigenvalue weighted by Crippen LogP contribution is -2.23. The predicted octanol–water partition coefficient (Wildman–Crippen LogP) is 10.8. The SMILES string of the molecule is COC(=O)c1cc(C2CC2)ccc1Cc1ccc2c(c1)n(CC1CC1)c(=O)n2-c1ccccc1.O=C(O)c1cc(C2CC2)ccc1Cc1ccc2c(c1)n(CC1CC1)c(=O)n2-c1ccccc1. The number of rotatable bonds is 14. The summed E-state index contributed by atoms with van der Waals surface area (Å²) < 4.78 is 12.5. The molecule has 0 atom stereocenters. The molecule has 2 aromatic heterocycles. The molecule has 10 heteroatoms. The van der Waals surface area contributed by atoms with Gasteiger partial charge in [-0.2, -0.15) is 0 Å². The predicted molar refractivity (Wildman–Crippen MR) is 261 cm³/mol. The van der Waals surface area contributed by atoms with Gasteiger partial charge in [0, 0.05) is 13.1 Å². The molecular formula is C57H54N4O6. The van der Waals surface area contributed by atoms with E-state index in [1.807, 2.05) is 111 Å². The number of aromatic nitrogens is 4. The van der Waals surface area contributed by atoms with Crippen LogP contribution in [0.1, 0.15) is 117 Å². The molecule has 4 saturated carbocycles. The number of benzene rings is 6. The van der Waals surface area contributed by atoms with Gasteiger partial charge in [-0.05, 0) is 182 Å². The highest BCUT2D eigenvalue weighted by Crippen LogP contribution is 2.42. The van der Waals surface area contributed by atoms with Gasteiger partial charge in [0.05, 0.1) is 51.7 Å². The van der Waals surface area contributed by atoms with Crippen molar-refractivity contribution in [3.8, 4) is 11.4 Å². The van der Waals surface area contributed by atoms with Crippen LogP contribution in [0.5, 0.6) is 0 Å². The fraction of sp³-hybridized carbons (Fsp3) is 0.298. The van der Waals surface area contributed by atoms with E-state index in [1.54, 1.807) is 4.57 Å². The van der Waals surface area contributed by atoms with Crippen LogP contribution in [0.2, 0.25) is 0 Å². The highest BCUT2D eigenvalue weighted by Gasteiger charge is 2.29. The summed E-state index contributed by atoms with van der Waals surface area (Å²) in [5.74, 6) is 1.06. The molecule has 4 aliphatic rings. The van der Waals surface area contributed by atoms with Gasteiger partial charge in [0.1, 0.15) is 0 Å². The maximum atomic E-state index is 13.5. The van der Waals surface area contributed by atoms with Gasteiger partial charge in [-0.1, -0.05) is 72.8 Å². The number of hydrogen-bond acceptors (Lipinski definition) is 5. The summed E-state index contributed by atoms with van der Waals surface area (Å²) in [7, 11) is 1.44. The average molecular weight is 891 g/mol. The van der Waals surface area contributed by atoms with Crippen molar-refractivity contribution in [1.29, 1.82) is 0 Å². The minimum absolute atomic E-state index is 0.00860. The Labute approximate surface area is 388 Å². The van der Waals surface area contributed by atoms with Crippen LogP contribution in [0.4, 0.5) is 0 Å². The van der Waals surface area contributed by atoms with Crippen molar-refractivity contribution in [1.82, 2.24) is 18.3 Å². The standard InChI is InChI=1S/C29H28N2O3.C28H26N2O3/c1-34-28(32)25-17-22(21-10-11-21)12-13-23(25)15-20-9-14-26-27(16-20)30(18-19-7-8-19)29(33)31(26)24-5-3-2-4-6-24;31-27(32)24-16-21(20-9-10-20)11-12-22(24)14-19-8-13-25-26(15-19)29(17-18-6-7-18)28(33)30(25)23-4-2-1-3-5-23/h2-6,9,12-14,16-17,19,21H,7-8,10-11,15,18H2,1H3;1-5,8,11-13,15-16,18,20H,6-7,9-10,14,17H2,(H,31,32). The van der Waals surface area contributed by atoms with Crippen molar-refractivity contribution in [3.63, 3.8) is 0 Å². The number of aromatic carboxylic acids is 1. The molecule has 1 N–H and O–H groups in total. The van der Waals surface area contributed by atoms with Gasteiger partial charge in [-0.15, -0.1) is 0 Å². The van der Waals surface area contributed by atoms with E-state index in [0.717, 1.165) is 87.2 Å². The van der Waals surface area contributed by atoms with Crippen LogP contribution in [0, 0.1) is 11.8 Å². The maximum absolute atomic E-state index is 13.5. The second-order valence-electron chi connectivity index (χ2n) is 19.2. The number of ether oxygens (including phenoxy) is 1. The van der Waals surface area contributed by atoms with Crippen molar-refractivity contribution in [2.75, 3.05) is 7.11 Å². The number of carbonyl (C=O) groups is 2. The van der Waals surface area contributed by atoms with E-state index in [-0.39, 0.29) is 17.3 Å². The third-order valence-corrected chi connectivity index (χ3v) is 14.1. The van der Waals surface area contributed by atoms with Crippen LogP contribution < -0.4 is 11.4 Å². The largest absolute Gasteiger partial charge is 0.478 e. The molecule has 0 spiro atoms. The lowest BCUT2D eigenvalue weighted by atomic mass is 9.96. The Morgan fingerprint density at radius 1 is 0.522 bits per heavy atom. The van der Waals surface area contributed by atoms with E-state index >= 15 is 0 Å². The Morgan fingerprint density at radius 2 is 0.955 bits per heavy atom. The van der Waals surface area contributed by atoms with Crippen LogP contribution in [-0.2, 0) is 30.7 Å². The third kappa shape index (κ3) is 8.80. The molecule has 67 heavy (non-hydrogen) atoms. The number of fused-ring (bicyclic) bond motifs is 2. The zero-order chi connectivity index (χ0) is 45.8. The van der Waals surface area contributed by atoms with Crippen molar-refractivity contribution < 1.29 is 19.4 Å². The number of esters is 1. The Bertz CT molecular complexity index is 3310. The summed E-state index contributed by atoms with van der Waals surface area (Å²) in [6.07, 6.45) is 10.5. The third-order valence-electron chi connectivity index (χ3n) is 14.1. The normalized spacial score (nSPS) is 15.7. The Hall–Kier alpha value is -7.20. The van der Waals surface area contributed by atoms with Crippen LogP contribution in [-0.4, -0.2) is 42.4 Å². The molecule has 0 unspecified atom stereocenters. The van der Waals surface area contributed by atoms with Gasteiger partial charge < -0.3 is 9.84 Å². The summed E-state index contributed by atoms with van der Waals surface area (Å²) >= 11 is 0. The van der Waals surface area contributed by atoms with E-state index in [1.165, 1.54) is 51.2 Å². The Balaban J connectivity index is 0.000000148. The molecule has 12 rings (SSSR count). The quantitative estimate of drug-likeness (QED) is 0.109. The number of methoxy groups -OCH3 is 1. The van der Waals surface area contributed by atoms with Gasteiger partial charge >= 0.3 is 23.3 Å². The number of hydrogen-bond donors (Lipinski definition) is 1. The summed E-state index contributed by atoms with van der Waals surface area (Å²) in [5, 5.41) is 9.81. The first-order valence-electron chi connectivity index (χ1n) is 23.9. The maximum Gasteiger partial charge on any atom is 0.338 e. The van der Waals surface area contributed by atoms with E-state index in [9.17, 15) is 24.3 Å². The van der Waals surface area contributed by atoms with Crippen LogP contribution >= 0.6 is 0 Å². The number of nitrogens with zero attached hydrogens (tertiary/aromatic N) is 4. The Morgan fingerprint density at radius 3 is 1.36 bits per heavy atom.